The summed E-state index contributed by atoms with van der Waals surface area (Å²) in [5.41, 5.74) is 2.55. The number of halogens is 1. The second-order valence-corrected chi connectivity index (χ2v) is 6.14. The van der Waals surface area contributed by atoms with Crippen molar-refractivity contribution in [2.24, 2.45) is 4.99 Å². The third kappa shape index (κ3) is 6.39. The molecule has 2 N–H and O–H groups in total. The molecule has 0 aliphatic heterocycles. The predicted molar refractivity (Wildman–Crippen MR) is 112 cm³/mol. The summed E-state index contributed by atoms with van der Waals surface area (Å²) in [7, 11) is 3.90. The van der Waals surface area contributed by atoms with Crippen molar-refractivity contribution in [2.45, 2.75) is 13.5 Å². The number of para-hydroxylation sites is 1. The molecular formula is C17H25IN4S. The van der Waals surface area contributed by atoms with Gasteiger partial charge in [-0.1, -0.05) is 18.2 Å². The van der Waals surface area contributed by atoms with E-state index in [-0.39, 0.29) is 24.0 Å². The average Bonchev–Trinajstić information content (AvgIpc) is 2.96. The van der Waals surface area contributed by atoms with Gasteiger partial charge in [0, 0.05) is 37.7 Å². The smallest absolute Gasteiger partial charge is 0.191 e. The summed E-state index contributed by atoms with van der Waals surface area (Å²) in [6.45, 7) is 4.72. The van der Waals surface area contributed by atoms with Gasteiger partial charge < -0.3 is 15.5 Å². The zero-order valence-corrected chi connectivity index (χ0v) is 17.0. The van der Waals surface area contributed by atoms with Gasteiger partial charge in [0.15, 0.2) is 5.96 Å². The SMILES string of the molecule is CN=C(NCCN(C)c1ccccc1)NCc1sccc1C.I. The monoisotopic (exact) mass is 444 g/mol. The van der Waals surface area contributed by atoms with Crippen LogP contribution in [0.4, 0.5) is 5.69 Å². The van der Waals surface area contributed by atoms with Crippen molar-refractivity contribution in [3.63, 3.8) is 0 Å². The molecule has 1 aromatic carbocycles. The highest BCUT2D eigenvalue weighted by Crippen LogP contribution is 2.14. The molecule has 0 aliphatic rings. The van der Waals surface area contributed by atoms with Crippen LogP contribution < -0.4 is 15.5 Å². The number of nitrogens with zero attached hydrogens (tertiary/aromatic N) is 2. The number of aryl methyl sites for hydroxylation is 1. The van der Waals surface area contributed by atoms with Gasteiger partial charge in [-0.15, -0.1) is 35.3 Å². The quantitative estimate of drug-likeness (QED) is 0.407. The normalized spacial score (nSPS) is 10.8. The van der Waals surface area contributed by atoms with Gasteiger partial charge in [0.2, 0.25) is 0 Å². The van der Waals surface area contributed by atoms with Gasteiger partial charge in [-0.25, -0.2) is 0 Å². The van der Waals surface area contributed by atoms with Gasteiger partial charge in [0.05, 0.1) is 6.54 Å². The fourth-order valence-corrected chi connectivity index (χ4v) is 2.97. The van der Waals surface area contributed by atoms with Crippen LogP contribution in [0.5, 0.6) is 0 Å². The van der Waals surface area contributed by atoms with E-state index in [1.165, 1.54) is 16.1 Å². The molecule has 1 aromatic heterocycles. The van der Waals surface area contributed by atoms with E-state index < -0.39 is 0 Å². The molecule has 0 saturated carbocycles. The lowest BCUT2D eigenvalue weighted by atomic mass is 10.3. The summed E-state index contributed by atoms with van der Waals surface area (Å²) in [6.07, 6.45) is 0. The number of hydrogen-bond donors (Lipinski definition) is 2. The van der Waals surface area contributed by atoms with E-state index in [9.17, 15) is 0 Å². The molecule has 1 heterocycles. The summed E-state index contributed by atoms with van der Waals surface area (Å²) in [5.74, 6) is 0.842. The highest BCUT2D eigenvalue weighted by atomic mass is 127. The maximum absolute atomic E-state index is 4.27. The summed E-state index contributed by atoms with van der Waals surface area (Å²) in [4.78, 5) is 7.84. The Kier molecular flexibility index (Phi) is 9.01. The highest BCUT2D eigenvalue weighted by Gasteiger charge is 2.03. The number of thiophene rings is 1. The summed E-state index contributed by atoms with van der Waals surface area (Å²) < 4.78 is 0. The highest BCUT2D eigenvalue weighted by molar-refractivity contribution is 14.0. The Hall–Kier alpha value is -1.28. The van der Waals surface area contributed by atoms with Crippen LogP contribution in [0.2, 0.25) is 0 Å². The Labute approximate surface area is 160 Å². The first kappa shape index (κ1) is 19.8. The molecule has 0 fully saturated rings. The van der Waals surface area contributed by atoms with Crippen molar-refractivity contribution in [3.05, 3.63) is 52.2 Å². The van der Waals surface area contributed by atoms with Gasteiger partial charge in [-0.2, -0.15) is 0 Å². The fraction of sp³-hybridized carbons (Fsp3) is 0.353. The number of guanidine groups is 1. The van der Waals surface area contributed by atoms with Crippen LogP contribution in [0, 0.1) is 6.92 Å². The number of hydrogen-bond acceptors (Lipinski definition) is 3. The molecule has 0 radical (unpaired) electrons. The molecule has 23 heavy (non-hydrogen) atoms. The largest absolute Gasteiger partial charge is 0.373 e. The minimum Gasteiger partial charge on any atom is -0.373 e. The maximum Gasteiger partial charge on any atom is 0.191 e. The number of benzene rings is 1. The van der Waals surface area contributed by atoms with Gasteiger partial charge in [0.1, 0.15) is 0 Å². The zero-order chi connectivity index (χ0) is 15.8. The van der Waals surface area contributed by atoms with E-state index >= 15 is 0 Å². The minimum atomic E-state index is 0. The van der Waals surface area contributed by atoms with Crippen LogP contribution in [-0.4, -0.2) is 33.1 Å². The van der Waals surface area contributed by atoms with Crippen molar-refractivity contribution < 1.29 is 0 Å². The molecule has 2 rings (SSSR count). The van der Waals surface area contributed by atoms with Crippen LogP contribution in [0.25, 0.3) is 0 Å². The Morgan fingerprint density at radius 1 is 1.17 bits per heavy atom. The van der Waals surface area contributed by atoms with E-state index in [1.54, 1.807) is 18.4 Å². The first-order valence-electron chi connectivity index (χ1n) is 7.44. The molecule has 126 valence electrons. The second-order valence-electron chi connectivity index (χ2n) is 5.14. The Morgan fingerprint density at radius 3 is 2.52 bits per heavy atom. The predicted octanol–water partition coefficient (Wildman–Crippen LogP) is 3.48. The first-order chi connectivity index (χ1) is 10.7. The third-order valence-corrected chi connectivity index (χ3v) is 4.57. The third-order valence-electron chi connectivity index (χ3n) is 3.54. The topological polar surface area (TPSA) is 39.7 Å². The maximum atomic E-state index is 4.27. The van der Waals surface area contributed by atoms with Crippen molar-refractivity contribution in [3.8, 4) is 0 Å². The molecule has 0 saturated heterocycles. The number of rotatable bonds is 6. The van der Waals surface area contributed by atoms with Gasteiger partial charge >= 0.3 is 0 Å². The lowest BCUT2D eigenvalue weighted by molar-refractivity contribution is 0.779. The second kappa shape index (κ2) is 10.5. The number of anilines is 1. The van der Waals surface area contributed by atoms with E-state index in [0.29, 0.717) is 0 Å². The number of aliphatic imine (C=N–C) groups is 1. The molecule has 0 bridgehead atoms. The molecule has 0 aliphatic carbocycles. The molecule has 2 aromatic rings. The molecule has 0 unspecified atom stereocenters. The van der Waals surface area contributed by atoms with Crippen LogP contribution in [-0.2, 0) is 6.54 Å². The van der Waals surface area contributed by atoms with Crippen LogP contribution >= 0.6 is 35.3 Å². The number of likely N-dealkylation sites (N-methyl/N-ethyl adjacent to an activating group) is 1. The molecular weight excluding hydrogens is 419 g/mol. The molecule has 0 atom stereocenters. The summed E-state index contributed by atoms with van der Waals surface area (Å²) >= 11 is 1.77. The molecule has 4 nitrogen and oxygen atoms in total. The van der Waals surface area contributed by atoms with Gasteiger partial charge in [-0.05, 0) is 36.1 Å². The van der Waals surface area contributed by atoms with Gasteiger partial charge in [0.25, 0.3) is 0 Å². The Bertz CT molecular complexity index is 598. The molecule has 0 amide bonds. The first-order valence-corrected chi connectivity index (χ1v) is 8.32. The Balaban J connectivity index is 0.00000264. The van der Waals surface area contributed by atoms with E-state index in [1.807, 2.05) is 6.07 Å². The van der Waals surface area contributed by atoms with E-state index in [4.69, 9.17) is 0 Å². The van der Waals surface area contributed by atoms with Crippen molar-refractivity contribution in [1.29, 1.82) is 0 Å². The molecule has 6 heteroatoms. The minimum absolute atomic E-state index is 0. The van der Waals surface area contributed by atoms with E-state index in [2.05, 4.69) is 70.2 Å². The van der Waals surface area contributed by atoms with Crippen molar-refractivity contribution in [1.82, 2.24) is 10.6 Å². The Morgan fingerprint density at radius 2 is 1.91 bits per heavy atom. The average molecular weight is 444 g/mol. The van der Waals surface area contributed by atoms with Crippen LogP contribution in [0.1, 0.15) is 10.4 Å². The fourth-order valence-electron chi connectivity index (χ4n) is 2.12. The molecule has 0 spiro atoms. The van der Waals surface area contributed by atoms with Crippen molar-refractivity contribution >= 4 is 47.0 Å². The summed E-state index contributed by atoms with van der Waals surface area (Å²) in [5, 5.41) is 8.83. The standard InChI is InChI=1S/C17H24N4S.HI/c1-14-9-12-22-16(14)13-20-17(18-2)19-10-11-21(3)15-7-5-4-6-8-15;/h4-9,12H,10-11,13H2,1-3H3,(H2,18,19,20);1H. The van der Waals surface area contributed by atoms with Gasteiger partial charge in [-0.3, -0.25) is 4.99 Å². The van der Waals surface area contributed by atoms with Crippen LogP contribution in [0.3, 0.4) is 0 Å². The summed E-state index contributed by atoms with van der Waals surface area (Å²) in [6, 6.07) is 12.5. The lowest BCUT2D eigenvalue weighted by Crippen LogP contribution is -2.40. The lowest BCUT2D eigenvalue weighted by Gasteiger charge is -2.20. The number of nitrogens with one attached hydrogen (secondary N) is 2. The zero-order valence-electron chi connectivity index (χ0n) is 13.9. The van der Waals surface area contributed by atoms with Crippen LogP contribution in [0.15, 0.2) is 46.8 Å². The van der Waals surface area contributed by atoms with E-state index in [0.717, 1.165) is 25.6 Å². The van der Waals surface area contributed by atoms with Crippen molar-refractivity contribution in [2.75, 3.05) is 32.1 Å².